The van der Waals surface area contributed by atoms with Crippen LogP contribution < -0.4 is 5.32 Å². The predicted molar refractivity (Wildman–Crippen MR) is 96.6 cm³/mol. The molecule has 0 amide bonds. The number of benzene rings is 1. The smallest absolute Gasteiger partial charge is 0.292 e. The summed E-state index contributed by atoms with van der Waals surface area (Å²) in [6.45, 7) is 5.85. The van der Waals surface area contributed by atoms with Crippen molar-refractivity contribution in [3.05, 3.63) is 64.3 Å². The van der Waals surface area contributed by atoms with Gasteiger partial charge in [-0.1, -0.05) is 25.1 Å². The first-order valence-electron chi connectivity index (χ1n) is 8.21. The molecule has 1 N–H and O–H groups in total. The second-order valence-corrected chi connectivity index (χ2v) is 6.34. The van der Waals surface area contributed by atoms with Gasteiger partial charge in [0.15, 0.2) is 0 Å². The van der Waals surface area contributed by atoms with Gasteiger partial charge in [0, 0.05) is 24.0 Å². The van der Waals surface area contributed by atoms with Crippen LogP contribution in [0.3, 0.4) is 0 Å². The zero-order chi connectivity index (χ0) is 18.7. The zero-order valence-electron chi connectivity index (χ0n) is 14.7. The van der Waals surface area contributed by atoms with Crippen molar-refractivity contribution in [2.45, 2.75) is 26.8 Å². The maximum Gasteiger partial charge on any atom is 0.292 e. The Bertz CT molecular complexity index is 908. The van der Waals surface area contributed by atoms with Crippen molar-refractivity contribution >= 4 is 11.4 Å². The van der Waals surface area contributed by atoms with E-state index in [0.717, 1.165) is 11.1 Å². The van der Waals surface area contributed by atoms with Crippen LogP contribution in [-0.2, 0) is 0 Å². The van der Waals surface area contributed by atoms with Crippen molar-refractivity contribution in [2.24, 2.45) is 5.92 Å². The summed E-state index contributed by atoms with van der Waals surface area (Å²) in [7, 11) is 0. The summed E-state index contributed by atoms with van der Waals surface area (Å²) in [4.78, 5) is 19.3. The lowest BCUT2D eigenvalue weighted by molar-refractivity contribution is -0.384. The second-order valence-electron chi connectivity index (χ2n) is 6.34. The second kappa shape index (κ2) is 7.30. The van der Waals surface area contributed by atoms with E-state index in [4.69, 9.17) is 4.52 Å². The highest BCUT2D eigenvalue weighted by Crippen LogP contribution is 2.32. The average Bonchev–Trinajstić information content (AvgIpc) is 3.09. The number of hydrogen-bond acceptors (Lipinski definition) is 7. The highest BCUT2D eigenvalue weighted by atomic mass is 16.6. The van der Waals surface area contributed by atoms with E-state index in [1.807, 2.05) is 20.8 Å². The van der Waals surface area contributed by atoms with E-state index in [2.05, 4.69) is 20.4 Å². The van der Waals surface area contributed by atoms with E-state index in [0.29, 0.717) is 17.4 Å². The molecule has 3 rings (SSSR count). The van der Waals surface area contributed by atoms with E-state index >= 15 is 0 Å². The lowest BCUT2D eigenvalue weighted by Crippen LogP contribution is -2.18. The molecule has 0 aliphatic carbocycles. The SMILES string of the molecule is Cc1ccc([N+](=O)[O-])c(NC(c2nc(-c3ccncc3)no2)C(C)C)c1. The Labute approximate surface area is 150 Å². The number of pyridine rings is 1. The Kier molecular flexibility index (Phi) is 4.92. The van der Waals surface area contributed by atoms with Crippen LogP contribution in [0, 0.1) is 23.0 Å². The van der Waals surface area contributed by atoms with Gasteiger partial charge in [-0.25, -0.2) is 0 Å². The summed E-state index contributed by atoms with van der Waals surface area (Å²) in [6, 6.07) is 8.16. The molecule has 0 fully saturated rings. The first-order valence-corrected chi connectivity index (χ1v) is 8.21. The van der Waals surface area contributed by atoms with Crippen LogP contribution >= 0.6 is 0 Å². The van der Waals surface area contributed by atoms with Crippen molar-refractivity contribution in [2.75, 3.05) is 5.32 Å². The molecule has 8 heteroatoms. The Hall–Kier alpha value is -3.29. The van der Waals surface area contributed by atoms with E-state index in [9.17, 15) is 10.1 Å². The van der Waals surface area contributed by atoms with Gasteiger partial charge < -0.3 is 9.84 Å². The fraction of sp³-hybridized carbons (Fsp3) is 0.278. The van der Waals surface area contributed by atoms with Gasteiger partial charge in [-0.3, -0.25) is 15.1 Å². The molecule has 26 heavy (non-hydrogen) atoms. The molecule has 1 aromatic carbocycles. The van der Waals surface area contributed by atoms with Crippen molar-refractivity contribution in [3.8, 4) is 11.4 Å². The summed E-state index contributed by atoms with van der Waals surface area (Å²) in [6.07, 6.45) is 3.30. The quantitative estimate of drug-likeness (QED) is 0.524. The molecule has 0 radical (unpaired) electrons. The molecule has 0 saturated heterocycles. The van der Waals surface area contributed by atoms with Crippen LogP contribution in [0.1, 0.15) is 31.3 Å². The molecule has 0 aliphatic heterocycles. The fourth-order valence-electron chi connectivity index (χ4n) is 2.59. The molecule has 0 saturated carbocycles. The Morgan fingerprint density at radius 3 is 2.58 bits per heavy atom. The van der Waals surface area contributed by atoms with Crippen molar-refractivity contribution in [1.82, 2.24) is 15.1 Å². The van der Waals surface area contributed by atoms with Crippen molar-refractivity contribution in [3.63, 3.8) is 0 Å². The predicted octanol–water partition coefficient (Wildman–Crippen LogP) is 4.16. The van der Waals surface area contributed by atoms with E-state index in [1.165, 1.54) is 6.07 Å². The molecule has 2 heterocycles. The van der Waals surface area contributed by atoms with Gasteiger partial charge in [-0.15, -0.1) is 0 Å². The third-order valence-corrected chi connectivity index (χ3v) is 3.97. The summed E-state index contributed by atoms with van der Waals surface area (Å²) in [5.74, 6) is 0.900. The van der Waals surface area contributed by atoms with Gasteiger partial charge in [0.25, 0.3) is 5.69 Å². The summed E-state index contributed by atoms with van der Waals surface area (Å²) in [5, 5.41) is 18.5. The van der Waals surface area contributed by atoms with E-state index < -0.39 is 4.92 Å². The summed E-state index contributed by atoms with van der Waals surface area (Å²) < 4.78 is 5.43. The van der Waals surface area contributed by atoms with Crippen LogP contribution in [0.2, 0.25) is 0 Å². The van der Waals surface area contributed by atoms with Gasteiger partial charge in [0.2, 0.25) is 11.7 Å². The number of nitrogens with one attached hydrogen (secondary N) is 1. The Balaban J connectivity index is 1.93. The largest absolute Gasteiger partial charge is 0.368 e. The topological polar surface area (TPSA) is 107 Å². The minimum Gasteiger partial charge on any atom is -0.368 e. The van der Waals surface area contributed by atoms with Gasteiger partial charge in [-0.2, -0.15) is 4.98 Å². The molecule has 8 nitrogen and oxygen atoms in total. The van der Waals surface area contributed by atoms with Crippen molar-refractivity contribution < 1.29 is 9.45 Å². The first-order chi connectivity index (χ1) is 12.5. The van der Waals surface area contributed by atoms with Crippen LogP contribution in [-0.4, -0.2) is 20.0 Å². The number of nitrogens with zero attached hydrogens (tertiary/aromatic N) is 4. The van der Waals surface area contributed by atoms with Crippen LogP contribution in [0.4, 0.5) is 11.4 Å². The molecule has 0 bridgehead atoms. The lowest BCUT2D eigenvalue weighted by atomic mass is 10.0. The number of nitro benzene ring substituents is 1. The number of anilines is 1. The highest BCUT2D eigenvalue weighted by Gasteiger charge is 2.26. The van der Waals surface area contributed by atoms with Gasteiger partial charge in [0.1, 0.15) is 11.7 Å². The molecule has 134 valence electrons. The minimum absolute atomic E-state index is 0.00937. The Morgan fingerprint density at radius 1 is 1.19 bits per heavy atom. The average molecular weight is 353 g/mol. The van der Waals surface area contributed by atoms with E-state index in [1.54, 1.807) is 36.7 Å². The van der Waals surface area contributed by atoms with Gasteiger partial charge in [0.05, 0.1) is 4.92 Å². The molecule has 1 unspecified atom stereocenters. The van der Waals surface area contributed by atoms with E-state index in [-0.39, 0.29) is 17.6 Å². The minimum atomic E-state index is -0.407. The maximum absolute atomic E-state index is 11.3. The third kappa shape index (κ3) is 3.69. The Morgan fingerprint density at radius 2 is 1.92 bits per heavy atom. The lowest BCUT2D eigenvalue weighted by Gasteiger charge is -2.20. The molecular formula is C18H19N5O3. The summed E-state index contributed by atoms with van der Waals surface area (Å²) >= 11 is 0. The fourth-order valence-corrected chi connectivity index (χ4v) is 2.59. The molecule has 1 atom stereocenters. The molecule has 2 aromatic heterocycles. The monoisotopic (exact) mass is 353 g/mol. The van der Waals surface area contributed by atoms with Gasteiger partial charge >= 0.3 is 0 Å². The number of aromatic nitrogens is 3. The van der Waals surface area contributed by atoms with Crippen molar-refractivity contribution in [1.29, 1.82) is 0 Å². The van der Waals surface area contributed by atoms with Crippen LogP contribution in [0.25, 0.3) is 11.4 Å². The number of rotatable bonds is 6. The molecule has 0 spiro atoms. The zero-order valence-corrected chi connectivity index (χ0v) is 14.7. The number of nitro groups is 1. The normalized spacial score (nSPS) is 12.2. The standard InChI is InChI=1S/C18H19N5O3/c1-11(2)16(20-14-10-12(3)4-5-15(14)23(24)25)18-21-17(22-26-18)13-6-8-19-9-7-13/h4-11,16,20H,1-3H3. The third-order valence-electron chi connectivity index (χ3n) is 3.97. The maximum atomic E-state index is 11.3. The van der Waals surface area contributed by atoms with Crippen LogP contribution in [0.15, 0.2) is 47.2 Å². The molecule has 0 aliphatic rings. The highest BCUT2D eigenvalue weighted by molar-refractivity contribution is 5.63. The number of hydrogen-bond donors (Lipinski definition) is 1. The number of aryl methyl sites for hydroxylation is 1. The van der Waals surface area contributed by atoms with Crippen LogP contribution in [0.5, 0.6) is 0 Å². The molecule has 3 aromatic rings. The first kappa shape index (κ1) is 17.5. The van der Waals surface area contributed by atoms with Gasteiger partial charge in [-0.05, 0) is 36.6 Å². The summed E-state index contributed by atoms with van der Waals surface area (Å²) in [5.41, 5.74) is 2.15. The molecular weight excluding hydrogens is 334 g/mol.